The molecule has 5 nitrogen and oxygen atoms in total. The van der Waals surface area contributed by atoms with Gasteiger partial charge in [-0.15, -0.1) is 11.3 Å². The maximum Gasteiger partial charge on any atom is 0.416 e. The summed E-state index contributed by atoms with van der Waals surface area (Å²) in [5.74, 6) is 0.253. The fourth-order valence-electron chi connectivity index (χ4n) is 5.81. The number of alkyl halides is 3. The third-order valence-electron chi connectivity index (χ3n) is 8.25. The molecular weight excluding hydrogens is 557 g/mol. The van der Waals surface area contributed by atoms with Crippen LogP contribution in [0.2, 0.25) is 0 Å². The van der Waals surface area contributed by atoms with E-state index in [1.165, 1.54) is 28.8 Å². The van der Waals surface area contributed by atoms with Crippen molar-refractivity contribution >= 4 is 22.9 Å². The van der Waals surface area contributed by atoms with Gasteiger partial charge in [-0.2, -0.15) is 13.2 Å². The van der Waals surface area contributed by atoms with Gasteiger partial charge in [0.05, 0.1) is 10.6 Å². The van der Waals surface area contributed by atoms with Crippen molar-refractivity contribution in [2.24, 2.45) is 0 Å². The molecule has 0 spiro atoms. The smallest absolute Gasteiger partial charge is 0.368 e. The molecule has 4 aromatic rings. The molecule has 2 aliphatic heterocycles. The Kier molecular flexibility index (Phi) is 8.31. The summed E-state index contributed by atoms with van der Waals surface area (Å²) in [7, 11) is 0. The van der Waals surface area contributed by atoms with Crippen molar-refractivity contribution < 1.29 is 18.0 Å². The van der Waals surface area contributed by atoms with Gasteiger partial charge in [-0.05, 0) is 60.8 Å². The number of aromatic nitrogens is 1. The van der Waals surface area contributed by atoms with E-state index >= 15 is 0 Å². The van der Waals surface area contributed by atoms with Crippen molar-refractivity contribution in [1.82, 2.24) is 14.8 Å². The molecule has 2 saturated heterocycles. The van der Waals surface area contributed by atoms with Crippen LogP contribution < -0.4 is 4.90 Å². The standard InChI is InChI=1S/C33H33F3N4OS/c34-33(35,36)28-7-4-8-29(21-28)39-17-19-40(20-18-39)32(41)30-23-42-31(37-30)27-13-15-38(16-14-27)22-24-9-11-26(12-10-24)25-5-2-1-3-6-25/h1-12,21,23,27H,13-20,22H2. The van der Waals surface area contributed by atoms with E-state index in [2.05, 4.69) is 53.4 Å². The number of nitrogens with zero attached hydrogens (tertiary/aromatic N) is 4. The number of thiazole rings is 1. The van der Waals surface area contributed by atoms with Crippen molar-refractivity contribution in [1.29, 1.82) is 0 Å². The molecule has 218 valence electrons. The van der Waals surface area contributed by atoms with Crippen LogP contribution in [0.15, 0.2) is 84.2 Å². The Morgan fingerprint density at radius 1 is 0.833 bits per heavy atom. The first kappa shape index (κ1) is 28.4. The highest BCUT2D eigenvalue weighted by molar-refractivity contribution is 7.09. The van der Waals surface area contributed by atoms with Crippen LogP contribution in [-0.4, -0.2) is 60.0 Å². The zero-order chi connectivity index (χ0) is 29.1. The topological polar surface area (TPSA) is 39.7 Å². The van der Waals surface area contributed by atoms with Gasteiger partial charge in [0.1, 0.15) is 5.69 Å². The summed E-state index contributed by atoms with van der Waals surface area (Å²) in [4.78, 5) is 24.1. The van der Waals surface area contributed by atoms with Crippen LogP contribution in [-0.2, 0) is 12.7 Å². The quantitative estimate of drug-likeness (QED) is 0.239. The number of hydrogen-bond donors (Lipinski definition) is 0. The number of halogens is 3. The van der Waals surface area contributed by atoms with Crippen LogP contribution in [0.5, 0.6) is 0 Å². The van der Waals surface area contributed by atoms with Crippen molar-refractivity contribution in [3.63, 3.8) is 0 Å². The molecule has 0 atom stereocenters. The molecule has 3 heterocycles. The number of benzene rings is 3. The van der Waals surface area contributed by atoms with Crippen molar-refractivity contribution in [2.45, 2.75) is 31.5 Å². The van der Waals surface area contributed by atoms with E-state index < -0.39 is 11.7 Å². The van der Waals surface area contributed by atoms with Gasteiger partial charge in [-0.3, -0.25) is 9.69 Å². The van der Waals surface area contributed by atoms with Gasteiger partial charge in [-0.1, -0.05) is 60.7 Å². The average Bonchev–Trinajstić information content (AvgIpc) is 3.52. The molecule has 0 saturated carbocycles. The molecule has 0 aliphatic carbocycles. The first-order valence-electron chi connectivity index (χ1n) is 14.4. The van der Waals surface area contributed by atoms with Crippen LogP contribution >= 0.6 is 11.3 Å². The second kappa shape index (κ2) is 12.3. The summed E-state index contributed by atoms with van der Waals surface area (Å²) < 4.78 is 39.4. The Hall–Kier alpha value is -3.69. The van der Waals surface area contributed by atoms with Gasteiger partial charge in [0.15, 0.2) is 0 Å². The Morgan fingerprint density at radius 3 is 2.21 bits per heavy atom. The molecule has 0 radical (unpaired) electrons. The number of amides is 1. The molecule has 6 rings (SSSR count). The van der Waals surface area contributed by atoms with Crippen molar-refractivity contribution in [3.8, 4) is 11.1 Å². The normalized spacial score (nSPS) is 17.0. The fraction of sp³-hybridized carbons (Fsp3) is 0.333. The van der Waals surface area contributed by atoms with Gasteiger partial charge in [-0.25, -0.2) is 4.98 Å². The van der Waals surface area contributed by atoms with E-state index in [1.807, 2.05) is 16.3 Å². The molecule has 42 heavy (non-hydrogen) atoms. The average molecular weight is 591 g/mol. The lowest BCUT2D eigenvalue weighted by atomic mass is 9.97. The molecule has 1 amide bonds. The number of likely N-dealkylation sites (tertiary alicyclic amines) is 1. The van der Waals surface area contributed by atoms with Gasteiger partial charge in [0, 0.05) is 49.7 Å². The maximum absolute atomic E-state index is 13.2. The van der Waals surface area contributed by atoms with E-state index in [4.69, 9.17) is 4.98 Å². The summed E-state index contributed by atoms with van der Waals surface area (Å²) >= 11 is 1.56. The number of hydrogen-bond acceptors (Lipinski definition) is 5. The van der Waals surface area contributed by atoms with Crippen LogP contribution in [0.1, 0.15) is 45.4 Å². The third-order valence-corrected chi connectivity index (χ3v) is 9.26. The van der Waals surface area contributed by atoms with E-state index in [-0.39, 0.29) is 5.91 Å². The number of piperidine rings is 1. The predicted molar refractivity (Wildman–Crippen MR) is 161 cm³/mol. The second-order valence-electron chi connectivity index (χ2n) is 11.0. The van der Waals surface area contributed by atoms with Crippen molar-refractivity contribution in [2.75, 3.05) is 44.2 Å². The molecule has 2 aliphatic rings. The SMILES string of the molecule is O=C(c1csc(C2CCN(Cc3ccc(-c4ccccc4)cc3)CC2)n1)N1CCN(c2cccc(C(F)(F)F)c2)CC1. The maximum atomic E-state index is 13.2. The zero-order valence-electron chi connectivity index (χ0n) is 23.3. The molecule has 0 unspecified atom stereocenters. The highest BCUT2D eigenvalue weighted by Crippen LogP contribution is 2.33. The first-order chi connectivity index (χ1) is 20.3. The number of carbonyl (C=O) groups is 1. The predicted octanol–water partition coefficient (Wildman–Crippen LogP) is 7.17. The highest BCUT2D eigenvalue weighted by Gasteiger charge is 2.32. The Balaban J connectivity index is 0.986. The molecular formula is C33H33F3N4OS. The lowest BCUT2D eigenvalue weighted by Gasteiger charge is -2.36. The minimum absolute atomic E-state index is 0.0995. The van der Waals surface area contributed by atoms with Crippen molar-refractivity contribution in [3.05, 3.63) is 106 Å². The fourth-order valence-corrected chi connectivity index (χ4v) is 6.78. The molecule has 0 N–H and O–H groups in total. The number of anilines is 1. The zero-order valence-corrected chi connectivity index (χ0v) is 24.1. The molecule has 3 aromatic carbocycles. The molecule has 2 fully saturated rings. The van der Waals surface area contributed by atoms with Gasteiger partial charge < -0.3 is 9.80 Å². The summed E-state index contributed by atoms with van der Waals surface area (Å²) in [5.41, 5.74) is 4.11. The largest absolute Gasteiger partial charge is 0.416 e. The number of carbonyl (C=O) groups excluding carboxylic acids is 1. The van der Waals surface area contributed by atoms with E-state index in [1.54, 1.807) is 22.3 Å². The first-order valence-corrected chi connectivity index (χ1v) is 15.2. The van der Waals surface area contributed by atoms with Gasteiger partial charge in [0.2, 0.25) is 0 Å². The number of piperazine rings is 1. The Labute approximate surface area is 248 Å². The van der Waals surface area contributed by atoms with Crippen LogP contribution in [0, 0.1) is 0 Å². The lowest BCUT2D eigenvalue weighted by molar-refractivity contribution is -0.137. The van der Waals surface area contributed by atoms with Crippen LogP contribution in [0.3, 0.4) is 0 Å². The summed E-state index contributed by atoms with van der Waals surface area (Å²) in [5, 5.41) is 2.88. The van der Waals surface area contributed by atoms with Gasteiger partial charge >= 0.3 is 6.18 Å². The Morgan fingerprint density at radius 2 is 1.52 bits per heavy atom. The van der Waals surface area contributed by atoms with E-state index in [0.29, 0.717) is 43.5 Å². The number of rotatable bonds is 6. The molecule has 9 heteroatoms. The highest BCUT2D eigenvalue weighted by atomic mass is 32.1. The summed E-state index contributed by atoms with van der Waals surface area (Å²) in [6.45, 7) is 4.78. The molecule has 0 bridgehead atoms. The molecule has 1 aromatic heterocycles. The second-order valence-corrected chi connectivity index (χ2v) is 11.9. The minimum atomic E-state index is -4.37. The third kappa shape index (κ3) is 6.52. The van der Waals surface area contributed by atoms with E-state index in [0.717, 1.165) is 43.5 Å². The van der Waals surface area contributed by atoms with E-state index in [9.17, 15) is 18.0 Å². The minimum Gasteiger partial charge on any atom is -0.368 e. The summed E-state index contributed by atoms with van der Waals surface area (Å²) in [6.07, 6.45) is -2.35. The lowest BCUT2D eigenvalue weighted by Crippen LogP contribution is -2.49. The van der Waals surface area contributed by atoms with Gasteiger partial charge in [0.25, 0.3) is 5.91 Å². The Bertz CT molecular complexity index is 1490. The van der Waals surface area contributed by atoms with Crippen LogP contribution in [0.4, 0.5) is 18.9 Å². The monoisotopic (exact) mass is 590 g/mol. The van der Waals surface area contributed by atoms with Crippen LogP contribution in [0.25, 0.3) is 11.1 Å². The summed E-state index contributed by atoms with van der Waals surface area (Å²) in [6, 6.07) is 24.6.